The van der Waals surface area contributed by atoms with Gasteiger partial charge in [-0.05, 0) is 40.8 Å². The molecule has 0 bridgehead atoms. The van der Waals surface area contributed by atoms with Crippen LogP contribution in [0.25, 0.3) is 10.4 Å². The monoisotopic (exact) mass is 499 g/mol. The molecule has 192 valence electrons. The lowest BCUT2D eigenvalue weighted by Gasteiger charge is -2.34. The molecule has 0 heterocycles. The minimum absolute atomic E-state index is 0.286. The van der Waals surface area contributed by atoms with Gasteiger partial charge < -0.3 is 4.74 Å². The number of benzene rings is 3. The lowest BCUT2D eigenvalue weighted by atomic mass is 10.0. The quantitative estimate of drug-likeness (QED) is 0.160. The van der Waals surface area contributed by atoms with Gasteiger partial charge in [-0.25, -0.2) is 0 Å². The second-order valence-corrected chi connectivity index (χ2v) is 8.75. The molecule has 0 saturated carbocycles. The zero-order chi connectivity index (χ0) is 26.6. The molecule has 0 aliphatic carbocycles. The second-order valence-electron chi connectivity index (χ2n) is 8.75. The van der Waals surface area contributed by atoms with Gasteiger partial charge in [0.15, 0.2) is 0 Å². The van der Waals surface area contributed by atoms with E-state index in [1.165, 1.54) is 11.8 Å². The maximum absolute atomic E-state index is 14.1. The fourth-order valence-electron chi connectivity index (χ4n) is 4.25. The molecule has 2 amide bonds. The largest absolute Gasteiger partial charge is 0.497 e. The van der Waals surface area contributed by atoms with Crippen molar-refractivity contribution in [3.8, 4) is 5.75 Å². The summed E-state index contributed by atoms with van der Waals surface area (Å²) < 4.78 is 5.33. The third kappa shape index (κ3) is 7.43. The van der Waals surface area contributed by atoms with Gasteiger partial charge >= 0.3 is 0 Å². The van der Waals surface area contributed by atoms with E-state index < -0.39 is 6.04 Å². The minimum atomic E-state index is -0.758. The molecule has 0 spiro atoms. The number of imide groups is 1. The van der Waals surface area contributed by atoms with Crippen LogP contribution in [0, 0.1) is 0 Å². The van der Waals surface area contributed by atoms with E-state index >= 15 is 0 Å². The highest BCUT2D eigenvalue weighted by molar-refractivity contribution is 5.97. The average molecular weight is 500 g/mol. The summed E-state index contributed by atoms with van der Waals surface area (Å²) in [5, 5.41) is 3.86. The Labute approximate surface area is 218 Å². The van der Waals surface area contributed by atoms with Gasteiger partial charge in [0.2, 0.25) is 5.91 Å². The molecule has 8 heteroatoms. The van der Waals surface area contributed by atoms with Crippen LogP contribution in [0.5, 0.6) is 5.75 Å². The third-order valence-corrected chi connectivity index (χ3v) is 6.16. The highest BCUT2D eigenvalue weighted by Gasteiger charge is 2.33. The van der Waals surface area contributed by atoms with Gasteiger partial charge in [-0.2, -0.15) is 0 Å². The number of rotatable bonds is 12. The molecule has 1 unspecified atom stereocenters. The van der Waals surface area contributed by atoms with Crippen molar-refractivity contribution in [2.45, 2.75) is 45.8 Å². The molecule has 0 saturated heterocycles. The van der Waals surface area contributed by atoms with Crippen molar-refractivity contribution in [1.29, 1.82) is 0 Å². The summed E-state index contributed by atoms with van der Waals surface area (Å²) in [6.45, 7) is 4.57. The number of azide groups is 1. The van der Waals surface area contributed by atoms with Gasteiger partial charge in [0.25, 0.3) is 5.91 Å². The average Bonchev–Trinajstić information content (AvgIpc) is 2.91. The van der Waals surface area contributed by atoms with Crippen LogP contribution in [-0.2, 0) is 22.7 Å². The molecule has 1 atom stereocenters. The van der Waals surface area contributed by atoms with E-state index in [2.05, 4.69) is 10.0 Å². The van der Waals surface area contributed by atoms with Crippen LogP contribution in [0.1, 0.15) is 49.4 Å². The van der Waals surface area contributed by atoms with Gasteiger partial charge in [0.1, 0.15) is 11.8 Å². The van der Waals surface area contributed by atoms with Gasteiger partial charge in [-0.3, -0.25) is 19.4 Å². The predicted molar refractivity (Wildman–Crippen MR) is 144 cm³/mol. The summed E-state index contributed by atoms with van der Waals surface area (Å²) in [4.78, 5) is 33.1. The van der Waals surface area contributed by atoms with Gasteiger partial charge in [-0.15, -0.1) is 0 Å². The van der Waals surface area contributed by atoms with Gasteiger partial charge in [-0.1, -0.05) is 85.2 Å². The summed E-state index contributed by atoms with van der Waals surface area (Å²) in [6.07, 6.45) is 1.58. The lowest BCUT2D eigenvalue weighted by molar-refractivity contribution is -0.148. The number of unbranched alkanes of at least 4 members (excludes halogenated alkanes) is 1. The number of hydrogen-bond donors (Lipinski definition) is 0. The maximum Gasteiger partial charge on any atom is 0.251 e. The number of carbonyl (C=O) groups excluding carboxylic acids is 2. The Morgan fingerprint density at radius 2 is 1.65 bits per heavy atom. The van der Waals surface area contributed by atoms with Crippen LogP contribution in [0.15, 0.2) is 84.0 Å². The molecular formula is C29H33N5O3. The number of methoxy groups -OCH3 is 1. The summed E-state index contributed by atoms with van der Waals surface area (Å²) in [5.41, 5.74) is 12.1. The first-order valence-electron chi connectivity index (χ1n) is 12.3. The predicted octanol–water partition coefficient (Wildman–Crippen LogP) is 6.56. The molecule has 0 aliphatic rings. The number of nitrogens with zero attached hydrogens (tertiary/aromatic N) is 5. The van der Waals surface area contributed by atoms with Crippen LogP contribution < -0.4 is 4.74 Å². The van der Waals surface area contributed by atoms with Crippen LogP contribution in [0.2, 0.25) is 0 Å². The van der Waals surface area contributed by atoms with Gasteiger partial charge in [0.05, 0.1) is 7.11 Å². The molecular weight excluding hydrogens is 466 g/mol. The van der Waals surface area contributed by atoms with E-state index in [0.717, 1.165) is 29.5 Å². The van der Waals surface area contributed by atoms with Crippen molar-refractivity contribution in [2.75, 3.05) is 13.7 Å². The molecule has 3 aromatic carbocycles. The van der Waals surface area contributed by atoms with E-state index in [0.29, 0.717) is 31.1 Å². The molecule has 37 heavy (non-hydrogen) atoms. The zero-order valence-corrected chi connectivity index (χ0v) is 21.6. The molecule has 0 aliphatic heterocycles. The molecule has 3 rings (SSSR count). The smallest absolute Gasteiger partial charge is 0.251 e. The van der Waals surface area contributed by atoms with E-state index in [9.17, 15) is 9.59 Å². The first kappa shape index (κ1) is 27.5. The number of amides is 2. The molecule has 3 aromatic rings. The Kier molecular flexibility index (Phi) is 10.3. The fourth-order valence-corrected chi connectivity index (χ4v) is 4.25. The van der Waals surface area contributed by atoms with Crippen molar-refractivity contribution in [2.24, 2.45) is 5.11 Å². The first-order valence-corrected chi connectivity index (χ1v) is 12.3. The molecule has 0 N–H and O–H groups in total. The Morgan fingerprint density at radius 3 is 2.27 bits per heavy atom. The topological polar surface area (TPSA) is 98.6 Å². The standard InChI is InChI=1S/C29H33N5O3/c1-4-5-19-34(22(2)35)29(36)28(24-15-17-26(37-3)18-16-24)33(20-23-11-7-6-8-12-23)21-25-13-9-10-14-27(25)31-32-30/h6-18,28H,4-5,19-21H2,1-3H3. The Morgan fingerprint density at radius 1 is 0.973 bits per heavy atom. The van der Waals surface area contributed by atoms with Crippen molar-refractivity contribution in [3.05, 3.63) is 106 Å². The SMILES string of the molecule is CCCCN(C(C)=O)C(=O)C(c1ccc(OC)cc1)N(Cc1ccccc1)Cc1ccccc1N=[N+]=[N-]. The van der Waals surface area contributed by atoms with E-state index in [1.54, 1.807) is 13.2 Å². The highest BCUT2D eigenvalue weighted by atomic mass is 16.5. The summed E-state index contributed by atoms with van der Waals surface area (Å²) in [5.74, 6) is 0.0992. The summed E-state index contributed by atoms with van der Waals surface area (Å²) in [7, 11) is 1.59. The summed E-state index contributed by atoms with van der Waals surface area (Å²) >= 11 is 0. The number of ether oxygens (including phenoxy) is 1. The lowest BCUT2D eigenvalue weighted by Crippen LogP contribution is -2.45. The number of hydrogen-bond acceptors (Lipinski definition) is 5. The van der Waals surface area contributed by atoms with E-state index in [1.807, 2.05) is 84.6 Å². The maximum atomic E-state index is 14.1. The van der Waals surface area contributed by atoms with E-state index in [-0.39, 0.29) is 11.8 Å². The van der Waals surface area contributed by atoms with Crippen molar-refractivity contribution in [1.82, 2.24) is 9.80 Å². The Hall–Kier alpha value is -4.13. The normalized spacial score (nSPS) is 11.5. The fraction of sp³-hybridized carbons (Fsp3) is 0.310. The van der Waals surface area contributed by atoms with Crippen LogP contribution in [0.3, 0.4) is 0 Å². The van der Waals surface area contributed by atoms with Crippen LogP contribution in [0.4, 0.5) is 5.69 Å². The zero-order valence-electron chi connectivity index (χ0n) is 21.6. The van der Waals surface area contributed by atoms with Crippen molar-refractivity contribution >= 4 is 17.5 Å². The minimum Gasteiger partial charge on any atom is -0.497 e. The van der Waals surface area contributed by atoms with Gasteiger partial charge in [0, 0.05) is 37.2 Å². The molecule has 0 radical (unpaired) electrons. The van der Waals surface area contributed by atoms with E-state index in [4.69, 9.17) is 10.3 Å². The molecule has 0 aromatic heterocycles. The summed E-state index contributed by atoms with van der Waals surface area (Å²) in [6, 6.07) is 23.8. The number of carbonyl (C=O) groups is 2. The molecule has 0 fully saturated rings. The third-order valence-electron chi connectivity index (χ3n) is 6.16. The Bertz CT molecular complexity index is 1220. The highest BCUT2D eigenvalue weighted by Crippen LogP contribution is 2.31. The van der Waals surface area contributed by atoms with Crippen LogP contribution >= 0.6 is 0 Å². The molecule has 8 nitrogen and oxygen atoms in total. The second kappa shape index (κ2) is 13.8. The van der Waals surface area contributed by atoms with Crippen LogP contribution in [-0.4, -0.2) is 35.3 Å². The van der Waals surface area contributed by atoms with Crippen molar-refractivity contribution < 1.29 is 14.3 Å². The van der Waals surface area contributed by atoms with Crippen molar-refractivity contribution in [3.63, 3.8) is 0 Å². The Balaban J connectivity index is 2.14. The first-order chi connectivity index (χ1) is 18.0.